The van der Waals surface area contributed by atoms with E-state index in [9.17, 15) is 0 Å². The van der Waals surface area contributed by atoms with E-state index in [0.29, 0.717) is 0 Å². The van der Waals surface area contributed by atoms with Crippen LogP contribution in [0.15, 0.2) is 0 Å². The first-order valence-corrected chi connectivity index (χ1v) is 2.45. The second-order valence-corrected chi connectivity index (χ2v) is 1.50. The molecule has 0 aliphatic heterocycles. The second kappa shape index (κ2) is 6.69. The minimum Gasteiger partial charge on any atom is -0.894 e. The zero-order valence-electron chi connectivity index (χ0n) is 3.63. The molecule has 7 heavy (non-hydrogen) atoms. The fourth-order valence-electron chi connectivity index (χ4n) is 0. The van der Waals surface area contributed by atoms with Gasteiger partial charge in [-0.1, -0.05) is 0 Å². The fraction of sp³-hybridized carbons (Fsp3) is 0. The van der Waals surface area contributed by atoms with Gasteiger partial charge in [0.2, 0.25) is 0 Å². The van der Waals surface area contributed by atoms with Crippen LogP contribution in [-0.2, 0) is 26.2 Å². The molecule has 0 aliphatic rings. The minimum atomic E-state index is -5.61. The van der Waals surface area contributed by atoms with Gasteiger partial charge in [-0.05, 0) is 0 Å². The van der Waals surface area contributed by atoms with Crippen molar-refractivity contribution in [3.8, 4) is 0 Å². The van der Waals surface area contributed by atoms with Crippen LogP contribution in [0.25, 0.3) is 0 Å². The molecule has 0 heterocycles. The molecule has 0 N–H and O–H groups in total. The van der Waals surface area contributed by atoms with Gasteiger partial charge in [-0.15, -0.1) is 0 Å². The number of rotatable bonds is 0. The molecular formula is KO4SiZr+. The molecule has 0 saturated heterocycles. The summed E-state index contributed by atoms with van der Waals surface area (Å²) in [5.41, 5.74) is 0. The quantitative estimate of drug-likeness (QED) is 0.381. The maximum atomic E-state index is 8.58. The molecule has 0 radical (unpaired) electrons. The predicted octanol–water partition coefficient (Wildman–Crippen LogP) is -8.14. The Hall–Kier alpha value is 2.58. The Bertz CT molecular complexity index is 27.2. The molecule has 4 nitrogen and oxygen atoms in total. The van der Waals surface area contributed by atoms with E-state index in [1.807, 2.05) is 0 Å². The van der Waals surface area contributed by atoms with Gasteiger partial charge >= 0.3 is 77.6 Å². The monoisotopic (exact) mass is 221 g/mol. The number of hydrogen-bond donors (Lipinski definition) is 0. The van der Waals surface area contributed by atoms with Crippen LogP contribution >= 0.6 is 0 Å². The van der Waals surface area contributed by atoms with Crippen LogP contribution < -0.4 is 70.6 Å². The number of hydrogen-bond acceptors (Lipinski definition) is 4. The topological polar surface area (TPSA) is 92.2 Å². The minimum absolute atomic E-state index is 0. The van der Waals surface area contributed by atoms with E-state index < -0.39 is 9.05 Å². The Morgan fingerprint density at radius 2 is 0.857 bits per heavy atom. The van der Waals surface area contributed by atoms with Crippen molar-refractivity contribution in [2.75, 3.05) is 0 Å². The van der Waals surface area contributed by atoms with Crippen LogP contribution in [0, 0.1) is 0 Å². The van der Waals surface area contributed by atoms with Gasteiger partial charge in [-0.2, -0.15) is 0 Å². The molecule has 32 valence electrons. The molecule has 0 aromatic heterocycles. The third-order valence-corrected chi connectivity index (χ3v) is 0. The summed E-state index contributed by atoms with van der Waals surface area (Å²) in [5, 5.41) is 0. The van der Waals surface area contributed by atoms with Crippen molar-refractivity contribution in [2.24, 2.45) is 0 Å². The standard InChI is InChI=1S/K.O4Si.Zr/c;1-5(2,3)4;/q+1;-4;+4. The van der Waals surface area contributed by atoms with E-state index in [1.54, 1.807) is 0 Å². The van der Waals surface area contributed by atoms with E-state index in [-0.39, 0.29) is 77.6 Å². The summed E-state index contributed by atoms with van der Waals surface area (Å²) >= 11 is 0. The van der Waals surface area contributed by atoms with Crippen molar-refractivity contribution in [2.45, 2.75) is 0 Å². The van der Waals surface area contributed by atoms with Gasteiger partial charge in [0.25, 0.3) is 0 Å². The van der Waals surface area contributed by atoms with Crippen LogP contribution in [0.5, 0.6) is 0 Å². The van der Waals surface area contributed by atoms with E-state index in [2.05, 4.69) is 0 Å². The molecule has 0 rings (SSSR count). The maximum absolute atomic E-state index is 8.58. The molecule has 0 aromatic carbocycles. The summed E-state index contributed by atoms with van der Waals surface area (Å²) in [4.78, 5) is 34.3. The summed E-state index contributed by atoms with van der Waals surface area (Å²) < 4.78 is 0. The predicted molar refractivity (Wildman–Crippen MR) is 5.75 cm³/mol. The van der Waals surface area contributed by atoms with Gasteiger partial charge in [0.15, 0.2) is 0 Å². The van der Waals surface area contributed by atoms with E-state index >= 15 is 0 Å². The summed E-state index contributed by atoms with van der Waals surface area (Å²) in [5.74, 6) is 0. The Morgan fingerprint density at radius 1 is 0.857 bits per heavy atom. The summed E-state index contributed by atoms with van der Waals surface area (Å²) in [7, 11) is -5.61. The van der Waals surface area contributed by atoms with Crippen molar-refractivity contribution in [1.82, 2.24) is 0 Å². The fourth-order valence-corrected chi connectivity index (χ4v) is 0. The molecule has 0 bridgehead atoms. The maximum Gasteiger partial charge on any atom is 4.00 e. The summed E-state index contributed by atoms with van der Waals surface area (Å²) in [6.07, 6.45) is 0. The normalized spacial score (nSPS) is 8.57. The molecule has 0 spiro atoms. The van der Waals surface area contributed by atoms with Crippen molar-refractivity contribution in [3.63, 3.8) is 0 Å². The van der Waals surface area contributed by atoms with E-state index in [1.165, 1.54) is 0 Å². The molecule has 7 heteroatoms. The van der Waals surface area contributed by atoms with Gasteiger partial charge in [0.1, 0.15) is 0 Å². The molecule has 0 fully saturated rings. The van der Waals surface area contributed by atoms with Gasteiger partial charge < -0.3 is 28.2 Å². The molecule has 0 amide bonds. The average Bonchev–Trinajstić information content (AvgIpc) is 0.722. The summed E-state index contributed by atoms with van der Waals surface area (Å²) in [6, 6.07) is 0. The van der Waals surface area contributed by atoms with Gasteiger partial charge in [0, 0.05) is 0 Å². The molecular weight excluding hydrogens is 222 g/mol. The third-order valence-electron chi connectivity index (χ3n) is 0. The molecule has 0 atom stereocenters. The first-order valence-electron chi connectivity index (χ1n) is 0.816. The van der Waals surface area contributed by atoms with Crippen LogP contribution in [0.1, 0.15) is 0 Å². The van der Waals surface area contributed by atoms with Crippen LogP contribution in [0.3, 0.4) is 0 Å². The smallest absolute Gasteiger partial charge is 0.894 e. The largest absolute Gasteiger partial charge is 4.00 e. The molecule has 0 aromatic rings. The van der Waals surface area contributed by atoms with Crippen LogP contribution in [0.4, 0.5) is 0 Å². The zero-order chi connectivity index (χ0) is 4.50. The summed E-state index contributed by atoms with van der Waals surface area (Å²) in [6.45, 7) is 0. The Labute approximate surface area is 104 Å². The van der Waals surface area contributed by atoms with Crippen molar-refractivity contribution in [3.05, 3.63) is 0 Å². The Morgan fingerprint density at radius 3 is 0.857 bits per heavy atom. The van der Waals surface area contributed by atoms with Crippen LogP contribution in [0.2, 0.25) is 0 Å². The SMILES string of the molecule is [K+].[O-][Si]([O-])([O-])[O-].[Zr+4]. The first-order chi connectivity index (χ1) is 2.00. The van der Waals surface area contributed by atoms with Crippen molar-refractivity contribution < 1.29 is 96.8 Å². The molecule has 0 saturated carbocycles. The van der Waals surface area contributed by atoms with E-state index in [4.69, 9.17) is 19.2 Å². The average molecular weight is 222 g/mol. The third kappa shape index (κ3) is 55.9. The van der Waals surface area contributed by atoms with Gasteiger partial charge in [-0.3, -0.25) is 0 Å². The Balaban J connectivity index is -0.0000000800. The molecule has 0 aliphatic carbocycles. The zero-order valence-corrected chi connectivity index (χ0v) is 10.2. The first kappa shape index (κ1) is 16.3. The van der Waals surface area contributed by atoms with Gasteiger partial charge in [0.05, 0.1) is 0 Å². The van der Waals surface area contributed by atoms with Crippen molar-refractivity contribution >= 4 is 9.05 Å². The van der Waals surface area contributed by atoms with Crippen LogP contribution in [-0.4, -0.2) is 9.05 Å². The van der Waals surface area contributed by atoms with Crippen molar-refractivity contribution in [1.29, 1.82) is 0 Å². The van der Waals surface area contributed by atoms with E-state index in [0.717, 1.165) is 0 Å². The van der Waals surface area contributed by atoms with Gasteiger partial charge in [-0.25, -0.2) is 0 Å². The Kier molecular flexibility index (Phi) is 15.6. The molecule has 0 unspecified atom stereocenters. The second-order valence-electron chi connectivity index (χ2n) is 0.500.